The van der Waals surface area contributed by atoms with E-state index in [1.165, 1.54) is 6.07 Å². The second kappa shape index (κ2) is 14.0. The van der Waals surface area contributed by atoms with Crippen LogP contribution in [0.1, 0.15) is 21.7 Å². The topological polar surface area (TPSA) is 138 Å². The second-order valence-electron chi connectivity index (χ2n) is 8.88. The number of aliphatic carboxylic acids is 2. The number of carbonyl (C=O) groups is 3. The molecule has 1 aromatic carbocycles. The van der Waals surface area contributed by atoms with Gasteiger partial charge in [-0.15, -0.1) is 0 Å². The molecule has 0 radical (unpaired) electrons. The third-order valence-corrected chi connectivity index (χ3v) is 5.96. The SMILES string of the molecule is O=C(O)CN1/C=C\N(Cc2ccccc2)CCN(CC(=O)O)CCN(Cc2cccc(C(=O)O)n2)CC1. The summed E-state index contributed by atoms with van der Waals surface area (Å²) in [6.45, 7) is 3.64. The summed E-state index contributed by atoms with van der Waals surface area (Å²) >= 11 is 0. The molecule has 3 N–H and O–H groups in total. The van der Waals surface area contributed by atoms with Gasteiger partial charge in [-0.1, -0.05) is 36.4 Å². The fraction of sp³-hybridized carbons (Fsp3) is 0.385. The van der Waals surface area contributed by atoms with Gasteiger partial charge in [-0.05, 0) is 17.7 Å². The summed E-state index contributed by atoms with van der Waals surface area (Å²) in [6, 6.07) is 14.7. The van der Waals surface area contributed by atoms with E-state index in [4.69, 9.17) is 0 Å². The molecule has 0 saturated carbocycles. The fourth-order valence-corrected chi connectivity index (χ4v) is 4.06. The van der Waals surface area contributed by atoms with Crippen molar-refractivity contribution in [2.45, 2.75) is 13.1 Å². The van der Waals surface area contributed by atoms with Gasteiger partial charge < -0.3 is 25.1 Å². The molecule has 0 amide bonds. The molecule has 0 saturated heterocycles. The van der Waals surface area contributed by atoms with Gasteiger partial charge in [0, 0.05) is 64.8 Å². The van der Waals surface area contributed by atoms with E-state index >= 15 is 0 Å². The van der Waals surface area contributed by atoms with Gasteiger partial charge in [0.1, 0.15) is 12.2 Å². The molecule has 0 bridgehead atoms. The van der Waals surface area contributed by atoms with E-state index in [2.05, 4.69) is 9.88 Å². The predicted octanol–water partition coefficient (Wildman–Crippen LogP) is 1.34. The van der Waals surface area contributed by atoms with Crippen LogP contribution in [0.15, 0.2) is 60.9 Å². The number of hydrogen-bond donors (Lipinski definition) is 3. The maximum Gasteiger partial charge on any atom is 0.354 e. The number of aromatic carboxylic acids is 1. The van der Waals surface area contributed by atoms with Gasteiger partial charge in [0.05, 0.1) is 12.2 Å². The Bertz CT molecular complexity index is 1080. The minimum absolute atomic E-state index is 0.0479. The number of rotatable bonds is 9. The van der Waals surface area contributed by atoms with Crippen LogP contribution >= 0.6 is 0 Å². The van der Waals surface area contributed by atoms with Crippen LogP contribution in [0.2, 0.25) is 0 Å². The number of aromatic nitrogens is 1. The van der Waals surface area contributed by atoms with Crippen molar-refractivity contribution < 1.29 is 29.7 Å². The van der Waals surface area contributed by atoms with Gasteiger partial charge in [-0.25, -0.2) is 9.78 Å². The van der Waals surface area contributed by atoms with Gasteiger partial charge in [0.25, 0.3) is 0 Å². The molecule has 1 aliphatic rings. The fourth-order valence-electron chi connectivity index (χ4n) is 4.06. The molecule has 0 aliphatic carbocycles. The van der Waals surface area contributed by atoms with Crippen LogP contribution in [0.5, 0.6) is 0 Å². The van der Waals surface area contributed by atoms with Crippen LogP contribution in [0.4, 0.5) is 0 Å². The number of carboxylic acid groups (broad SMARTS) is 3. The molecule has 3 rings (SSSR count). The van der Waals surface area contributed by atoms with Gasteiger partial charge in [0.2, 0.25) is 0 Å². The van der Waals surface area contributed by atoms with Crippen molar-refractivity contribution in [3.8, 4) is 0 Å². The molecule has 0 atom stereocenters. The molecule has 37 heavy (non-hydrogen) atoms. The van der Waals surface area contributed by atoms with Crippen LogP contribution in [0.25, 0.3) is 0 Å². The Kier molecular flexibility index (Phi) is 10.4. The molecule has 2 heterocycles. The summed E-state index contributed by atoms with van der Waals surface area (Å²) in [4.78, 5) is 46.2. The molecule has 11 heteroatoms. The normalized spacial score (nSPS) is 17.0. The average Bonchev–Trinajstić information content (AvgIpc) is 2.85. The minimum atomic E-state index is -1.11. The molecule has 2 aromatic rings. The summed E-state index contributed by atoms with van der Waals surface area (Å²) in [6.07, 6.45) is 3.63. The van der Waals surface area contributed by atoms with Crippen molar-refractivity contribution in [2.75, 3.05) is 52.4 Å². The Morgan fingerprint density at radius 2 is 1.30 bits per heavy atom. The molecule has 0 spiro atoms. The lowest BCUT2D eigenvalue weighted by Crippen LogP contribution is -2.43. The number of benzene rings is 1. The first kappa shape index (κ1) is 27.6. The standard InChI is InChI=1S/C26H33N5O6/c32-24(33)19-30-13-9-28(17-21-5-2-1-3-6-21)10-14-31(20-25(34)35)16-12-29(11-15-30)18-22-7-4-8-23(27-22)26(36)37/h1-9,13H,10-12,14-20H2,(H,32,33)(H,34,35)(H,36,37)/b13-9-. The van der Waals surface area contributed by atoms with E-state index in [1.54, 1.807) is 23.2 Å². The van der Waals surface area contributed by atoms with E-state index in [1.807, 2.05) is 46.3 Å². The highest BCUT2D eigenvalue weighted by atomic mass is 16.4. The molecule has 0 fully saturated rings. The number of nitrogens with zero attached hydrogens (tertiary/aromatic N) is 5. The Morgan fingerprint density at radius 1 is 0.676 bits per heavy atom. The van der Waals surface area contributed by atoms with Crippen molar-refractivity contribution in [1.82, 2.24) is 24.6 Å². The zero-order valence-corrected chi connectivity index (χ0v) is 20.6. The zero-order valence-electron chi connectivity index (χ0n) is 20.6. The smallest absolute Gasteiger partial charge is 0.354 e. The van der Waals surface area contributed by atoms with Crippen LogP contribution < -0.4 is 0 Å². The Labute approximate surface area is 215 Å². The predicted molar refractivity (Wildman–Crippen MR) is 136 cm³/mol. The first-order valence-electron chi connectivity index (χ1n) is 12.1. The molecule has 11 nitrogen and oxygen atoms in total. The van der Waals surface area contributed by atoms with E-state index in [9.17, 15) is 29.7 Å². The second-order valence-corrected chi connectivity index (χ2v) is 8.88. The summed E-state index contributed by atoms with van der Waals surface area (Å²) in [5.41, 5.74) is 1.62. The summed E-state index contributed by atoms with van der Waals surface area (Å²) < 4.78 is 0. The van der Waals surface area contributed by atoms with Crippen LogP contribution in [0.3, 0.4) is 0 Å². The maximum absolute atomic E-state index is 11.5. The first-order valence-corrected chi connectivity index (χ1v) is 12.1. The highest BCUT2D eigenvalue weighted by molar-refractivity contribution is 5.85. The van der Waals surface area contributed by atoms with Crippen molar-refractivity contribution in [3.63, 3.8) is 0 Å². The molecule has 1 aliphatic heterocycles. The van der Waals surface area contributed by atoms with E-state index < -0.39 is 17.9 Å². The minimum Gasteiger partial charge on any atom is -0.480 e. The first-order chi connectivity index (χ1) is 17.8. The van der Waals surface area contributed by atoms with Crippen LogP contribution in [-0.4, -0.2) is 110 Å². The highest BCUT2D eigenvalue weighted by Gasteiger charge is 2.17. The largest absolute Gasteiger partial charge is 0.480 e. The number of carboxylic acids is 3. The van der Waals surface area contributed by atoms with E-state index in [0.717, 1.165) is 5.56 Å². The van der Waals surface area contributed by atoms with E-state index in [-0.39, 0.29) is 18.8 Å². The molecule has 198 valence electrons. The van der Waals surface area contributed by atoms with Crippen molar-refractivity contribution in [2.24, 2.45) is 0 Å². The zero-order chi connectivity index (χ0) is 26.6. The molecule has 1 aromatic heterocycles. The number of hydrogen-bond acceptors (Lipinski definition) is 8. The van der Waals surface area contributed by atoms with Crippen molar-refractivity contribution >= 4 is 17.9 Å². The van der Waals surface area contributed by atoms with Gasteiger partial charge in [-0.2, -0.15) is 0 Å². The Balaban J connectivity index is 1.81. The number of pyridine rings is 1. The summed E-state index contributed by atoms with van der Waals surface area (Å²) in [5, 5.41) is 28.1. The van der Waals surface area contributed by atoms with Crippen molar-refractivity contribution in [1.29, 1.82) is 0 Å². The summed E-state index contributed by atoms with van der Waals surface area (Å²) in [7, 11) is 0. The lowest BCUT2D eigenvalue weighted by atomic mass is 10.2. The van der Waals surface area contributed by atoms with Gasteiger partial charge >= 0.3 is 17.9 Å². The average molecular weight is 512 g/mol. The Morgan fingerprint density at radius 3 is 2.00 bits per heavy atom. The summed E-state index contributed by atoms with van der Waals surface area (Å²) in [5.74, 6) is -2.96. The Hall–Kier alpha value is -3.96. The van der Waals surface area contributed by atoms with Gasteiger partial charge in [0.15, 0.2) is 0 Å². The quantitative estimate of drug-likeness (QED) is 0.450. The van der Waals surface area contributed by atoms with Gasteiger partial charge in [-0.3, -0.25) is 19.4 Å². The molecule has 0 unspecified atom stereocenters. The third-order valence-electron chi connectivity index (χ3n) is 5.96. The molecular weight excluding hydrogens is 478 g/mol. The van der Waals surface area contributed by atoms with Crippen LogP contribution in [0, 0.1) is 0 Å². The lowest BCUT2D eigenvalue weighted by molar-refractivity contribution is -0.139. The van der Waals surface area contributed by atoms with E-state index in [0.29, 0.717) is 58.1 Å². The third kappa shape index (κ3) is 9.90. The monoisotopic (exact) mass is 511 g/mol. The molecular formula is C26H33N5O6. The lowest BCUT2D eigenvalue weighted by Gasteiger charge is -2.32. The van der Waals surface area contributed by atoms with Crippen LogP contribution in [-0.2, 0) is 22.7 Å². The van der Waals surface area contributed by atoms with Crippen molar-refractivity contribution in [3.05, 3.63) is 77.9 Å². The maximum atomic E-state index is 11.5. The highest BCUT2D eigenvalue weighted by Crippen LogP contribution is 2.09.